The van der Waals surface area contributed by atoms with Gasteiger partial charge in [-0.15, -0.1) is 0 Å². The van der Waals surface area contributed by atoms with Crippen molar-refractivity contribution in [2.45, 2.75) is 44.6 Å². The first-order chi connectivity index (χ1) is 20.0. The van der Waals surface area contributed by atoms with Crippen LogP contribution in [0.4, 0.5) is 4.39 Å². The van der Waals surface area contributed by atoms with Gasteiger partial charge in [0.25, 0.3) is 0 Å². The number of likely N-dealkylation sites (tertiary alicyclic amines) is 1. The standard InChI is InChI=1S/C33H31Cl2FN2O3/c34-24-8-12-28(30(35)18-24)29-4-1-3-22-17-23(31-19-32(39)41-37-31)7-11-27(22)33(29)21-5-9-25(10-6-21)40-26-13-16-38(20-26)15-2-14-36/h5-12,17-18,26H,1-4,13-16,19-20H2/t26-/m0/s1. The molecule has 0 radical (unpaired) electrons. The smallest absolute Gasteiger partial charge is 0.341 e. The Bertz CT molecular complexity index is 1520. The molecule has 0 unspecified atom stereocenters. The van der Waals surface area contributed by atoms with Crippen LogP contribution in [0.25, 0.3) is 11.1 Å². The van der Waals surface area contributed by atoms with E-state index in [0.717, 1.165) is 78.9 Å². The minimum Gasteiger partial charge on any atom is -0.489 e. The number of allylic oxidation sites excluding steroid dienone is 1. The van der Waals surface area contributed by atoms with Crippen molar-refractivity contribution in [3.63, 3.8) is 0 Å². The van der Waals surface area contributed by atoms with Crippen LogP contribution in [-0.2, 0) is 16.1 Å². The second-order valence-electron chi connectivity index (χ2n) is 10.8. The molecule has 0 spiro atoms. The number of ether oxygens (including phenoxy) is 1. The van der Waals surface area contributed by atoms with Crippen molar-refractivity contribution in [1.82, 2.24) is 4.90 Å². The lowest BCUT2D eigenvalue weighted by Gasteiger charge is -2.19. The van der Waals surface area contributed by atoms with E-state index in [9.17, 15) is 9.18 Å². The number of hydrogen-bond acceptors (Lipinski definition) is 5. The Morgan fingerprint density at radius 3 is 2.56 bits per heavy atom. The maximum absolute atomic E-state index is 12.6. The molecule has 8 heteroatoms. The maximum Gasteiger partial charge on any atom is 0.341 e. The molecule has 2 aliphatic heterocycles. The van der Waals surface area contributed by atoms with Crippen molar-refractivity contribution in [3.8, 4) is 5.75 Å². The topological polar surface area (TPSA) is 51.1 Å². The third kappa shape index (κ3) is 6.20. The fourth-order valence-electron chi connectivity index (χ4n) is 6.03. The van der Waals surface area contributed by atoms with Gasteiger partial charge in [0.1, 0.15) is 11.9 Å². The number of halogens is 3. The highest BCUT2D eigenvalue weighted by Crippen LogP contribution is 2.43. The summed E-state index contributed by atoms with van der Waals surface area (Å²) in [6, 6.07) is 20.2. The van der Waals surface area contributed by atoms with Crippen molar-refractivity contribution < 1.29 is 18.8 Å². The molecule has 2 heterocycles. The Morgan fingerprint density at radius 1 is 1.00 bits per heavy atom. The van der Waals surface area contributed by atoms with Crippen molar-refractivity contribution in [2.75, 3.05) is 26.3 Å². The molecule has 6 rings (SSSR count). The number of carbonyl (C=O) groups excluding carboxylic acids is 1. The van der Waals surface area contributed by atoms with Gasteiger partial charge in [-0.3, -0.25) is 9.29 Å². The largest absolute Gasteiger partial charge is 0.489 e. The number of benzene rings is 3. The minimum absolute atomic E-state index is 0.106. The number of carbonyl (C=O) groups is 1. The van der Waals surface area contributed by atoms with Crippen LogP contribution in [0.15, 0.2) is 65.8 Å². The van der Waals surface area contributed by atoms with E-state index in [4.69, 9.17) is 32.8 Å². The zero-order valence-corrected chi connectivity index (χ0v) is 24.2. The van der Waals surface area contributed by atoms with Crippen LogP contribution in [0.3, 0.4) is 0 Å². The Labute approximate surface area is 249 Å². The number of aryl methyl sites for hydroxylation is 1. The van der Waals surface area contributed by atoms with Gasteiger partial charge >= 0.3 is 5.97 Å². The first-order valence-corrected chi connectivity index (χ1v) is 14.9. The highest BCUT2D eigenvalue weighted by molar-refractivity contribution is 6.36. The Hall–Kier alpha value is -3.19. The lowest BCUT2D eigenvalue weighted by Crippen LogP contribution is -2.26. The van der Waals surface area contributed by atoms with E-state index in [1.165, 1.54) is 11.1 Å². The average molecular weight is 594 g/mol. The number of rotatable bonds is 8. The molecule has 0 bridgehead atoms. The van der Waals surface area contributed by atoms with Crippen LogP contribution in [0.2, 0.25) is 10.0 Å². The average Bonchev–Trinajstić information content (AvgIpc) is 3.56. The Morgan fingerprint density at radius 2 is 1.80 bits per heavy atom. The van der Waals surface area contributed by atoms with Gasteiger partial charge in [-0.25, -0.2) is 4.79 Å². The minimum atomic E-state index is -0.331. The summed E-state index contributed by atoms with van der Waals surface area (Å²) in [4.78, 5) is 18.8. The maximum atomic E-state index is 12.6. The second-order valence-corrected chi connectivity index (χ2v) is 11.6. The van der Waals surface area contributed by atoms with Crippen LogP contribution in [-0.4, -0.2) is 49.0 Å². The highest BCUT2D eigenvalue weighted by atomic mass is 35.5. The van der Waals surface area contributed by atoms with Gasteiger partial charge in [0.05, 0.1) is 18.8 Å². The van der Waals surface area contributed by atoms with Gasteiger partial charge in [0.2, 0.25) is 0 Å². The molecule has 1 atom stereocenters. The third-order valence-electron chi connectivity index (χ3n) is 7.99. The molecule has 0 saturated carbocycles. The number of nitrogens with zero attached hydrogens (tertiary/aromatic N) is 2. The van der Waals surface area contributed by atoms with Gasteiger partial charge in [0, 0.05) is 35.2 Å². The molecule has 3 aliphatic rings. The van der Waals surface area contributed by atoms with Crippen LogP contribution < -0.4 is 4.74 Å². The van der Waals surface area contributed by atoms with E-state index in [0.29, 0.717) is 22.2 Å². The summed E-state index contributed by atoms with van der Waals surface area (Å²) >= 11 is 13.0. The molecule has 1 fully saturated rings. The number of hydrogen-bond donors (Lipinski definition) is 0. The predicted molar refractivity (Wildman–Crippen MR) is 162 cm³/mol. The van der Waals surface area contributed by atoms with Crippen LogP contribution in [0.5, 0.6) is 5.75 Å². The monoisotopic (exact) mass is 592 g/mol. The van der Waals surface area contributed by atoms with E-state index >= 15 is 0 Å². The third-order valence-corrected chi connectivity index (χ3v) is 8.54. The molecule has 0 aromatic heterocycles. The van der Waals surface area contributed by atoms with E-state index in [-0.39, 0.29) is 25.2 Å². The summed E-state index contributed by atoms with van der Waals surface area (Å²) in [6.45, 7) is 2.25. The van der Waals surface area contributed by atoms with Gasteiger partial charge in [-0.1, -0.05) is 58.7 Å². The molecule has 1 aliphatic carbocycles. The summed E-state index contributed by atoms with van der Waals surface area (Å²) in [6.07, 6.45) is 4.47. The summed E-state index contributed by atoms with van der Waals surface area (Å²) in [5, 5.41) is 5.21. The molecule has 1 saturated heterocycles. The van der Waals surface area contributed by atoms with Crippen molar-refractivity contribution >= 4 is 46.0 Å². The molecular weight excluding hydrogens is 562 g/mol. The highest BCUT2D eigenvalue weighted by Gasteiger charge is 2.26. The lowest BCUT2D eigenvalue weighted by atomic mass is 9.87. The summed E-state index contributed by atoms with van der Waals surface area (Å²) in [7, 11) is 0. The normalized spacial score (nSPS) is 19.1. The molecular formula is C33H31Cl2FN2O3. The van der Waals surface area contributed by atoms with Gasteiger partial charge in [0.15, 0.2) is 0 Å². The van der Waals surface area contributed by atoms with Crippen LogP contribution in [0, 0.1) is 0 Å². The number of alkyl halides is 1. The lowest BCUT2D eigenvalue weighted by molar-refractivity contribution is -0.140. The van der Waals surface area contributed by atoms with E-state index in [1.54, 1.807) is 6.07 Å². The van der Waals surface area contributed by atoms with E-state index in [1.807, 2.05) is 30.3 Å². The fourth-order valence-corrected chi connectivity index (χ4v) is 6.56. The van der Waals surface area contributed by atoms with E-state index < -0.39 is 0 Å². The zero-order chi connectivity index (χ0) is 28.3. The quantitative estimate of drug-likeness (QED) is 0.251. The molecule has 3 aromatic rings. The predicted octanol–water partition coefficient (Wildman–Crippen LogP) is 7.75. The molecule has 41 heavy (non-hydrogen) atoms. The second kappa shape index (κ2) is 12.4. The first kappa shape index (κ1) is 28.0. The molecule has 0 amide bonds. The Balaban J connectivity index is 1.36. The number of oxime groups is 1. The van der Waals surface area contributed by atoms with Gasteiger partial charge in [-0.05, 0) is 95.8 Å². The van der Waals surface area contributed by atoms with Crippen LogP contribution >= 0.6 is 23.2 Å². The van der Waals surface area contributed by atoms with Crippen molar-refractivity contribution in [3.05, 3.63) is 98.5 Å². The number of fused-ring (bicyclic) bond motifs is 1. The molecule has 3 aromatic carbocycles. The van der Waals surface area contributed by atoms with Crippen LogP contribution in [0.1, 0.15) is 59.9 Å². The Kier molecular flexibility index (Phi) is 8.42. The summed E-state index contributed by atoms with van der Waals surface area (Å²) in [5.74, 6) is 0.494. The molecule has 212 valence electrons. The zero-order valence-electron chi connectivity index (χ0n) is 22.7. The fraction of sp³-hybridized carbons (Fsp3) is 0.333. The summed E-state index contributed by atoms with van der Waals surface area (Å²) in [5.41, 5.74) is 8.23. The summed E-state index contributed by atoms with van der Waals surface area (Å²) < 4.78 is 18.9. The van der Waals surface area contributed by atoms with Crippen molar-refractivity contribution in [1.29, 1.82) is 0 Å². The van der Waals surface area contributed by atoms with Crippen molar-refractivity contribution in [2.24, 2.45) is 5.16 Å². The van der Waals surface area contributed by atoms with Gasteiger partial charge < -0.3 is 9.57 Å². The SMILES string of the molecule is O=C1CC(c2ccc3c(c2)CCCC(c2ccc(Cl)cc2Cl)=C3c2ccc(O[C@H]3CCN(CCCF)C3)cc2)=NO1. The van der Waals surface area contributed by atoms with E-state index in [2.05, 4.69) is 34.3 Å². The first-order valence-electron chi connectivity index (χ1n) is 14.1. The molecule has 5 nitrogen and oxygen atoms in total. The van der Waals surface area contributed by atoms with Gasteiger partial charge in [-0.2, -0.15) is 0 Å². The molecule has 0 N–H and O–H groups in total.